The molecular formula is C9H15FO3. The van der Waals surface area contributed by atoms with Crippen molar-refractivity contribution in [2.24, 2.45) is 5.92 Å². The Kier molecular flexibility index (Phi) is 6.14. The summed E-state index contributed by atoms with van der Waals surface area (Å²) in [6.07, 6.45) is 2.92. The molecule has 0 aliphatic heterocycles. The summed E-state index contributed by atoms with van der Waals surface area (Å²) in [6.45, 7) is 2.01. The van der Waals surface area contributed by atoms with E-state index in [2.05, 4.69) is 0 Å². The van der Waals surface area contributed by atoms with Gasteiger partial charge < -0.3 is 10.2 Å². The van der Waals surface area contributed by atoms with Crippen LogP contribution in [-0.2, 0) is 4.79 Å². The maximum Gasteiger partial charge on any atom is 0.364 e. The molecule has 0 radical (unpaired) electrons. The minimum Gasteiger partial charge on any atom is -0.476 e. The first-order valence-corrected chi connectivity index (χ1v) is 4.27. The van der Waals surface area contributed by atoms with Gasteiger partial charge in [0.15, 0.2) is 0 Å². The molecule has 1 atom stereocenters. The molecular weight excluding hydrogens is 175 g/mol. The van der Waals surface area contributed by atoms with Gasteiger partial charge in [0, 0.05) is 6.61 Å². The van der Waals surface area contributed by atoms with Gasteiger partial charge in [-0.25, -0.2) is 4.79 Å². The third kappa shape index (κ3) is 6.28. The molecule has 0 rings (SSSR count). The van der Waals surface area contributed by atoms with Crippen LogP contribution < -0.4 is 0 Å². The maximum atomic E-state index is 12.4. The smallest absolute Gasteiger partial charge is 0.364 e. The highest BCUT2D eigenvalue weighted by Crippen LogP contribution is 2.12. The standard InChI is InChI=1S/C9H15FO3/c1-7(3-2-6-11)4-5-8(10)9(12)13/h5,7,11H,2-4,6H2,1H3,(H,12,13)/b8-5-. The molecule has 3 nitrogen and oxygen atoms in total. The van der Waals surface area contributed by atoms with Crippen LogP contribution >= 0.6 is 0 Å². The molecule has 0 aromatic heterocycles. The largest absolute Gasteiger partial charge is 0.476 e. The van der Waals surface area contributed by atoms with E-state index in [1.54, 1.807) is 0 Å². The highest BCUT2D eigenvalue weighted by atomic mass is 19.1. The predicted molar refractivity (Wildman–Crippen MR) is 46.9 cm³/mol. The van der Waals surface area contributed by atoms with Gasteiger partial charge in [0.25, 0.3) is 0 Å². The van der Waals surface area contributed by atoms with Gasteiger partial charge in [0.05, 0.1) is 0 Å². The fourth-order valence-corrected chi connectivity index (χ4v) is 0.950. The predicted octanol–water partition coefficient (Wildman–Crippen LogP) is 1.72. The summed E-state index contributed by atoms with van der Waals surface area (Å²) in [5.41, 5.74) is 0. The molecule has 0 heterocycles. The van der Waals surface area contributed by atoms with Crippen molar-refractivity contribution in [2.75, 3.05) is 6.61 Å². The number of carboxylic acids is 1. The fraction of sp³-hybridized carbons (Fsp3) is 0.667. The summed E-state index contributed by atoms with van der Waals surface area (Å²) in [6, 6.07) is 0. The first-order valence-electron chi connectivity index (χ1n) is 4.27. The number of halogens is 1. The van der Waals surface area contributed by atoms with E-state index in [1.165, 1.54) is 0 Å². The van der Waals surface area contributed by atoms with Gasteiger partial charge in [-0.1, -0.05) is 6.92 Å². The lowest BCUT2D eigenvalue weighted by molar-refractivity contribution is -0.134. The summed E-state index contributed by atoms with van der Waals surface area (Å²) >= 11 is 0. The molecule has 0 aromatic carbocycles. The van der Waals surface area contributed by atoms with Crippen molar-refractivity contribution < 1.29 is 19.4 Å². The number of carbonyl (C=O) groups is 1. The second kappa shape index (κ2) is 6.60. The third-order valence-corrected chi connectivity index (χ3v) is 1.76. The summed E-state index contributed by atoms with van der Waals surface area (Å²) in [7, 11) is 0. The second-order valence-electron chi connectivity index (χ2n) is 3.06. The van der Waals surface area contributed by atoms with E-state index in [0.717, 1.165) is 12.5 Å². The van der Waals surface area contributed by atoms with Crippen LogP contribution in [0.15, 0.2) is 11.9 Å². The average molecular weight is 190 g/mol. The zero-order valence-corrected chi connectivity index (χ0v) is 7.66. The van der Waals surface area contributed by atoms with Crippen LogP contribution in [0.1, 0.15) is 26.2 Å². The molecule has 0 aliphatic rings. The summed E-state index contributed by atoms with van der Waals surface area (Å²) in [5.74, 6) is -2.41. The molecule has 76 valence electrons. The number of aliphatic hydroxyl groups excluding tert-OH is 1. The van der Waals surface area contributed by atoms with Gasteiger partial charge in [-0.05, 0) is 31.3 Å². The SMILES string of the molecule is CC(C/C=C(\F)C(=O)O)CCCO. The third-order valence-electron chi connectivity index (χ3n) is 1.76. The number of aliphatic hydroxyl groups is 1. The first kappa shape index (κ1) is 12.1. The highest BCUT2D eigenvalue weighted by Gasteiger charge is 2.06. The Balaban J connectivity index is 3.73. The Morgan fingerprint density at radius 3 is 2.69 bits per heavy atom. The number of hydrogen-bond donors (Lipinski definition) is 2. The van der Waals surface area contributed by atoms with Gasteiger partial charge in [0.1, 0.15) is 0 Å². The molecule has 0 spiro atoms. The number of rotatable bonds is 6. The van der Waals surface area contributed by atoms with Crippen molar-refractivity contribution in [3.8, 4) is 0 Å². The summed E-state index contributed by atoms with van der Waals surface area (Å²) in [5, 5.41) is 16.7. The Morgan fingerprint density at radius 1 is 1.62 bits per heavy atom. The van der Waals surface area contributed by atoms with Crippen LogP contribution in [0.25, 0.3) is 0 Å². The lowest BCUT2D eigenvalue weighted by atomic mass is 10.0. The monoisotopic (exact) mass is 190 g/mol. The van der Waals surface area contributed by atoms with Crippen molar-refractivity contribution in [2.45, 2.75) is 26.2 Å². The van der Waals surface area contributed by atoms with Crippen LogP contribution in [0.2, 0.25) is 0 Å². The number of aliphatic carboxylic acids is 1. The lowest BCUT2D eigenvalue weighted by Crippen LogP contribution is -1.98. The Hall–Kier alpha value is -0.900. The fourth-order valence-electron chi connectivity index (χ4n) is 0.950. The Labute approximate surface area is 76.9 Å². The molecule has 0 aromatic rings. The van der Waals surface area contributed by atoms with Crippen molar-refractivity contribution in [1.82, 2.24) is 0 Å². The highest BCUT2D eigenvalue weighted by molar-refractivity contribution is 5.83. The van der Waals surface area contributed by atoms with Crippen LogP contribution in [0.4, 0.5) is 4.39 Å². The van der Waals surface area contributed by atoms with E-state index >= 15 is 0 Å². The van der Waals surface area contributed by atoms with Gasteiger partial charge in [-0.15, -0.1) is 0 Å². The van der Waals surface area contributed by atoms with Crippen molar-refractivity contribution in [1.29, 1.82) is 0 Å². The van der Waals surface area contributed by atoms with E-state index in [1.807, 2.05) is 6.92 Å². The Morgan fingerprint density at radius 2 is 2.23 bits per heavy atom. The molecule has 1 unspecified atom stereocenters. The van der Waals surface area contributed by atoms with Crippen molar-refractivity contribution >= 4 is 5.97 Å². The summed E-state index contributed by atoms with van der Waals surface area (Å²) < 4.78 is 12.4. The van der Waals surface area contributed by atoms with Gasteiger partial charge in [-0.2, -0.15) is 4.39 Å². The second-order valence-corrected chi connectivity index (χ2v) is 3.06. The quantitative estimate of drug-likeness (QED) is 0.627. The minimum atomic E-state index is -1.52. The van der Waals surface area contributed by atoms with E-state index < -0.39 is 11.8 Å². The summed E-state index contributed by atoms with van der Waals surface area (Å²) in [4.78, 5) is 10.0. The molecule has 0 bridgehead atoms. The average Bonchev–Trinajstić information content (AvgIpc) is 2.10. The number of allylic oxidation sites excluding steroid dienone is 1. The molecule has 0 saturated heterocycles. The van der Waals surface area contributed by atoms with Gasteiger partial charge in [0.2, 0.25) is 5.83 Å². The number of carboxylic acid groups (broad SMARTS) is 1. The normalized spacial score (nSPS) is 14.2. The molecule has 2 N–H and O–H groups in total. The first-order chi connectivity index (χ1) is 6.07. The van der Waals surface area contributed by atoms with Crippen LogP contribution in [0, 0.1) is 5.92 Å². The molecule has 0 fully saturated rings. The maximum absolute atomic E-state index is 12.4. The van der Waals surface area contributed by atoms with E-state index in [0.29, 0.717) is 12.8 Å². The van der Waals surface area contributed by atoms with Gasteiger partial charge >= 0.3 is 5.97 Å². The van der Waals surface area contributed by atoms with Crippen molar-refractivity contribution in [3.63, 3.8) is 0 Å². The van der Waals surface area contributed by atoms with Gasteiger partial charge in [-0.3, -0.25) is 0 Å². The van der Waals surface area contributed by atoms with Crippen LogP contribution in [-0.4, -0.2) is 22.8 Å². The van der Waals surface area contributed by atoms with Crippen molar-refractivity contribution in [3.05, 3.63) is 11.9 Å². The molecule has 13 heavy (non-hydrogen) atoms. The minimum absolute atomic E-state index is 0.121. The van der Waals surface area contributed by atoms with E-state index in [4.69, 9.17) is 10.2 Å². The van der Waals surface area contributed by atoms with Crippen LogP contribution in [0.3, 0.4) is 0 Å². The molecule has 0 saturated carbocycles. The Bertz CT molecular complexity index is 189. The lowest BCUT2D eigenvalue weighted by Gasteiger charge is -2.05. The molecule has 0 amide bonds. The zero-order chi connectivity index (χ0) is 10.3. The zero-order valence-electron chi connectivity index (χ0n) is 7.66. The molecule has 0 aliphatic carbocycles. The van der Waals surface area contributed by atoms with E-state index in [9.17, 15) is 9.18 Å². The van der Waals surface area contributed by atoms with Crippen LogP contribution in [0.5, 0.6) is 0 Å². The van der Waals surface area contributed by atoms with E-state index in [-0.39, 0.29) is 12.5 Å². The number of hydrogen-bond acceptors (Lipinski definition) is 2. The topological polar surface area (TPSA) is 57.5 Å². The molecule has 4 heteroatoms.